The highest BCUT2D eigenvalue weighted by atomic mass is 15.0. The van der Waals surface area contributed by atoms with Gasteiger partial charge in [-0.15, -0.1) is 0 Å². The summed E-state index contributed by atoms with van der Waals surface area (Å²) in [5.41, 5.74) is 1.67. The lowest BCUT2D eigenvalue weighted by molar-refractivity contribution is 0.755. The van der Waals surface area contributed by atoms with Gasteiger partial charge in [0.15, 0.2) is 11.5 Å². The minimum absolute atomic E-state index is 0.459. The van der Waals surface area contributed by atoms with Crippen molar-refractivity contribution in [3.63, 3.8) is 0 Å². The molecule has 0 aliphatic carbocycles. The maximum atomic E-state index is 4.31. The smallest absolute Gasteiger partial charge is 0.185 e. The summed E-state index contributed by atoms with van der Waals surface area (Å²) in [4.78, 5) is 11.6. The van der Waals surface area contributed by atoms with E-state index in [1.165, 1.54) is 0 Å². The van der Waals surface area contributed by atoms with Gasteiger partial charge < -0.3 is 10.3 Å². The van der Waals surface area contributed by atoms with Gasteiger partial charge in [0, 0.05) is 18.7 Å². The van der Waals surface area contributed by atoms with Gasteiger partial charge >= 0.3 is 0 Å². The van der Waals surface area contributed by atoms with Crippen molar-refractivity contribution in [3.05, 3.63) is 24.2 Å². The first-order valence-electron chi connectivity index (χ1n) is 5.45. The third-order valence-electron chi connectivity index (χ3n) is 2.71. The van der Waals surface area contributed by atoms with Crippen LogP contribution in [-0.2, 0) is 0 Å². The number of nitrogens with zero attached hydrogens (tertiary/aromatic N) is 2. The molecule has 2 aromatic heterocycles. The minimum Gasteiger partial charge on any atom is -0.330 e. The van der Waals surface area contributed by atoms with Crippen molar-refractivity contribution in [1.29, 1.82) is 0 Å². The molecule has 2 aromatic rings. The number of aromatic nitrogens is 3. The third kappa shape index (κ3) is 1.77. The van der Waals surface area contributed by atoms with Crippen LogP contribution in [0.5, 0.6) is 0 Å². The van der Waals surface area contributed by atoms with Crippen LogP contribution in [0.1, 0.15) is 12.2 Å². The topological polar surface area (TPSA) is 53.6 Å². The Morgan fingerprint density at radius 2 is 2.44 bits per heavy atom. The Balaban J connectivity index is 1.88. The zero-order valence-corrected chi connectivity index (χ0v) is 8.83. The molecular weight excluding hydrogens is 200 g/mol. The molecule has 4 nitrogen and oxygen atoms in total. The second-order valence-electron chi connectivity index (χ2n) is 3.92. The molecule has 1 saturated heterocycles. The summed E-state index contributed by atoms with van der Waals surface area (Å²) in [6, 6.07) is 3.84. The summed E-state index contributed by atoms with van der Waals surface area (Å²) in [5.74, 6) is 7.47. The molecule has 0 spiro atoms. The number of pyridine rings is 1. The van der Waals surface area contributed by atoms with Crippen molar-refractivity contribution in [2.45, 2.75) is 6.42 Å². The first-order valence-corrected chi connectivity index (χ1v) is 5.45. The number of nitrogens with one attached hydrogen (secondary N) is 2. The van der Waals surface area contributed by atoms with E-state index >= 15 is 0 Å². The van der Waals surface area contributed by atoms with Crippen LogP contribution in [0.3, 0.4) is 0 Å². The molecular formula is C12H12N4. The highest BCUT2D eigenvalue weighted by Gasteiger charge is 2.10. The fourth-order valence-corrected chi connectivity index (χ4v) is 1.85. The molecule has 0 saturated carbocycles. The molecule has 1 atom stereocenters. The summed E-state index contributed by atoms with van der Waals surface area (Å²) in [6.45, 7) is 2.06. The number of fused-ring (bicyclic) bond motifs is 1. The van der Waals surface area contributed by atoms with Crippen LogP contribution in [0, 0.1) is 17.8 Å². The van der Waals surface area contributed by atoms with E-state index in [0.29, 0.717) is 11.7 Å². The Morgan fingerprint density at radius 3 is 3.25 bits per heavy atom. The van der Waals surface area contributed by atoms with Crippen molar-refractivity contribution in [3.8, 4) is 11.8 Å². The lowest BCUT2D eigenvalue weighted by atomic mass is 10.1. The Morgan fingerprint density at radius 1 is 1.44 bits per heavy atom. The normalized spacial score (nSPS) is 19.6. The maximum Gasteiger partial charge on any atom is 0.185 e. The van der Waals surface area contributed by atoms with Crippen molar-refractivity contribution in [2.24, 2.45) is 5.92 Å². The third-order valence-corrected chi connectivity index (χ3v) is 2.71. The Kier molecular flexibility index (Phi) is 2.31. The van der Waals surface area contributed by atoms with Gasteiger partial charge in [-0.1, -0.05) is 5.92 Å². The lowest BCUT2D eigenvalue weighted by Gasteiger charge is -1.92. The van der Waals surface area contributed by atoms with Gasteiger partial charge in [0.2, 0.25) is 0 Å². The summed E-state index contributed by atoms with van der Waals surface area (Å²) in [6.07, 6.45) is 2.87. The SMILES string of the molecule is C(#CC1CCNC1)c1nc2ncccc2[nH]1. The molecule has 1 fully saturated rings. The number of H-pyrrole nitrogens is 1. The van der Waals surface area contributed by atoms with Crippen LogP contribution in [0.15, 0.2) is 18.3 Å². The van der Waals surface area contributed by atoms with Gasteiger partial charge in [-0.2, -0.15) is 0 Å². The van der Waals surface area contributed by atoms with Crippen LogP contribution in [0.25, 0.3) is 11.2 Å². The molecule has 4 heteroatoms. The average molecular weight is 212 g/mol. The van der Waals surface area contributed by atoms with E-state index in [1.807, 2.05) is 12.1 Å². The van der Waals surface area contributed by atoms with Crippen LogP contribution in [0.2, 0.25) is 0 Å². The number of rotatable bonds is 0. The molecule has 2 N–H and O–H groups in total. The van der Waals surface area contributed by atoms with E-state index in [1.54, 1.807) is 6.20 Å². The predicted octanol–water partition coefficient (Wildman–Crippen LogP) is 0.919. The summed E-state index contributed by atoms with van der Waals surface area (Å²) in [5, 5.41) is 3.29. The molecule has 1 unspecified atom stereocenters. The Bertz CT molecular complexity index is 522. The predicted molar refractivity (Wildman–Crippen MR) is 61.7 cm³/mol. The Labute approximate surface area is 93.5 Å². The zero-order chi connectivity index (χ0) is 10.8. The lowest BCUT2D eigenvalue weighted by Crippen LogP contribution is -2.07. The van der Waals surface area contributed by atoms with Crippen LogP contribution < -0.4 is 5.32 Å². The highest BCUT2D eigenvalue weighted by Crippen LogP contribution is 2.08. The maximum absolute atomic E-state index is 4.31. The molecule has 0 radical (unpaired) electrons. The molecule has 3 heterocycles. The van der Waals surface area contributed by atoms with E-state index in [0.717, 1.165) is 30.7 Å². The van der Waals surface area contributed by atoms with E-state index in [4.69, 9.17) is 0 Å². The van der Waals surface area contributed by atoms with Gasteiger partial charge in [-0.3, -0.25) is 0 Å². The van der Waals surface area contributed by atoms with Crippen molar-refractivity contribution < 1.29 is 0 Å². The summed E-state index contributed by atoms with van der Waals surface area (Å²) >= 11 is 0. The van der Waals surface area contributed by atoms with E-state index in [-0.39, 0.29) is 0 Å². The van der Waals surface area contributed by atoms with Gasteiger partial charge in [-0.25, -0.2) is 9.97 Å². The van der Waals surface area contributed by atoms with Crippen LogP contribution >= 0.6 is 0 Å². The van der Waals surface area contributed by atoms with E-state index in [2.05, 4.69) is 32.1 Å². The molecule has 16 heavy (non-hydrogen) atoms. The fraction of sp³-hybridized carbons (Fsp3) is 0.333. The molecule has 0 aromatic carbocycles. The Hall–Kier alpha value is -1.86. The number of hydrogen-bond donors (Lipinski definition) is 2. The molecule has 3 rings (SSSR count). The summed E-state index contributed by atoms with van der Waals surface area (Å²) < 4.78 is 0. The van der Waals surface area contributed by atoms with Crippen LogP contribution in [0.4, 0.5) is 0 Å². The quantitative estimate of drug-likeness (QED) is 0.638. The van der Waals surface area contributed by atoms with Crippen molar-refractivity contribution in [2.75, 3.05) is 13.1 Å². The first kappa shape index (κ1) is 9.37. The minimum atomic E-state index is 0.459. The number of imidazole rings is 1. The van der Waals surface area contributed by atoms with E-state index < -0.39 is 0 Å². The second kappa shape index (κ2) is 3.95. The fourth-order valence-electron chi connectivity index (χ4n) is 1.85. The van der Waals surface area contributed by atoms with Gasteiger partial charge in [-0.05, 0) is 31.0 Å². The standard InChI is InChI=1S/C12H12N4/c1-2-10-12(14-6-1)16-11(15-10)4-3-9-5-7-13-8-9/h1-2,6,9,13H,5,7-8H2,(H,14,15,16). The van der Waals surface area contributed by atoms with Gasteiger partial charge in [0.05, 0.1) is 5.52 Å². The van der Waals surface area contributed by atoms with Crippen molar-refractivity contribution in [1.82, 2.24) is 20.3 Å². The second-order valence-corrected chi connectivity index (χ2v) is 3.92. The molecule has 80 valence electrons. The van der Waals surface area contributed by atoms with Gasteiger partial charge in [0.1, 0.15) is 0 Å². The average Bonchev–Trinajstić information content (AvgIpc) is 2.95. The summed E-state index contributed by atoms with van der Waals surface area (Å²) in [7, 11) is 0. The largest absolute Gasteiger partial charge is 0.330 e. The molecule has 0 amide bonds. The molecule has 0 bridgehead atoms. The monoisotopic (exact) mass is 212 g/mol. The van der Waals surface area contributed by atoms with Crippen LogP contribution in [-0.4, -0.2) is 28.0 Å². The molecule has 1 aliphatic rings. The first-order chi connectivity index (χ1) is 7.92. The number of aromatic amines is 1. The van der Waals surface area contributed by atoms with E-state index in [9.17, 15) is 0 Å². The van der Waals surface area contributed by atoms with Crippen molar-refractivity contribution >= 4 is 11.2 Å². The number of hydrogen-bond acceptors (Lipinski definition) is 3. The zero-order valence-electron chi connectivity index (χ0n) is 8.83. The molecule has 1 aliphatic heterocycles. The van der Waals surface area contributed by atoms with Gasteiger partial charge in [0.25, 0.3) is 0 Å². The highest BCUT2D eigenvalue weighted by molar-refractivity contribution is 5.70.